The van der Waals surface area contributed by atoms with Crippen molar-refractivity contribution in [3.63, 3.8) is 0 Å². The van der Waals surface area contributed by atoms with E-state index in [0.29, 0.717) is 0 Å². The van der Waals surface area contributed by atoms with Crippen molar-refractivity contribution in [1.82, 2.24) is 5.32 Å². The van der Waals surface area contributed by atoms with Gasteiger partial charge in [-0.15, -0.1) is 0 Å². The molecule has 0 amide bonds. The molecule has 0 radical (unpaired) electrons. The summed E-state index contributed by atoms with van der Waals surface area (Å²) in [5, 5.41) is 3.25. The molecule has 2 heteroatoms. The normalized spacial score (nSPS) is 12.4. The van der Waals surface area contributed by atoms with Gasteiger partial charge >= 0.3 is 0 Å². The number of benzene rings is 1. The van der Waals surface area contributed by atoms with E-state index < -0.39 is 0 Å². The van der Waals surface area contributed by atoms with Crippen LogP contribution in [0.15, 0.2) is 30.8 Å². The van der Waals surface area contributed by atoms with Gasteiger partial charge in [0.2, 0.25) is 0 Å². The number of hydrogen-bond acceptors (Lipinski definition) is 2. The quantitative estimate of drug-likeness (QED) is 0.722. The van der Waals surface area contributed by atoms with Crippen LogP contribution in [0.5, 0.6) is 0 Å². The molecule has 0 saturated heterocycles. The Morgan fingerprint density at radius 3 is 2.86 bits per heavy atom. The topological polar surface area (TPSA) is 21.3 Å². The Bertz CT molecular complexity index is 296. The van der Waals surface area contributed by atoms with Crippen molar-refractivity contribution in [1.29, 1.82) is 0 Å². The summed E-state index contributed by atoms with van der Waals surface area (Å²) in [5.74, 6) is 0. The highest BCUT2D eigenvalue weighted by Gasteiger charge is 2.00. The van der Waals surface area contributed by atoms with E-state index >= 15 is 0 Å². The largest absolute Gasteiger partial charge is 0.367 e. The van der Waals surface area contributed by atoms with Crippen LogP contribution in [-0.2, 0) is 11.3 Å². The van der Waals surface area contributed by atoms with Crippen LogP contribution in [0.4, 0.5) is 0 Å². The number of rotatable bonds is 5. The summed E-state index contributed by atoms with van der Waals surface area (Å²) in [6.07, 6.45) is 1.95. The molecule has 14 heavy (non-hydrogen) atoms. The van der Waals surface area contributed by atoms with Gasteiger partial charge < -0.3 is 4.74 Å². The minimum atomic E-state index is 0.0767. The minimum Gasteiger partial charge on any atom is -0.367 e. The second-order valence-corrected chi connectivity index (χ2v) is 3.16. The first-order valence-electron chi connectivity index (χ1n) is 4.74. The van der Waals surface area contributed by atoms with Crippen molar-refractivity contribution in [2.45, 2.75) is 19.7 Å². The van der Waals surface area contributed by atoms with Crippen LogP contribution in [0.2, 0.25) is 0 Å². The Labute approximate surface area is 85.6 Å². The number of hydrogen-bond donors (Lipinski definition) is 1. The van der Waals surface area contributed by atoms with Gasteiger partial charge in [-0.1, -0.05) is 36.9 Å². The molecule has 1 aromatic carbocycles. The standard InChI is InChI=1S/C12H17NO/c1-4-11-7-5-6-8-12(11)9-13-10(2)14-3/h4-8,10,13H,1,9H2,2-3H3. The van der Waals surface area contributed by atoms with Crippen molar-refractivity contribution in [2.75, 3.05) is 7.11 Å². The lowest BCUT2D eigenvalue weighted by molar-refractivity contribution is 0.0879. The van der Waals surface area contributed by atoms with Gasteiger partial charge in [0.15, 0.2) is 0 Å². The Hall–Kier alpha value is -1.12. The van der Waals surface area contributed by atoms with E-state index in [1.165, 1.54) is 11.1 Å². The van der Waals surface area contributed by atoms with Crippen LogP contribution >= 0.6 is 0 Å². The molecule has 0 aliphatic rings. The van der Waals surface area contributed by atoms with Gasteiger partial charge in [-0.25, -0.2) is 0 Å². The van der Waals surface area contributed by atoms with E-state index in [-0.39, 0.29) is 6.23 Å². The molecule has 1 aromatic rings. The Morgan fingerprint density at radius 2 is 2.21 bits per heavy atom. The number of ether oxygens (including phenoxy) is 1. The third-order valence-electron chi connectivity index (χ3n) is 2.21. The third kappa shape index (κ3) is 2.98. The number of nitrogens with one attached hydrogen (secondary N) is 1. The molecule has 0 aliphatic heterocycles. The molecule has 0 aromatic heterocycles. The monoisotopic (exact) mass is 191 g/mol. The van der Waals surface area contributed by atoms with E-state index in [0.717, 1.165) is 6.54 Å². The van der Waals surface area contributed by atoms with E-state index in [4.69, 9.17) is 4.74 Å². The smallest absolute Gasteiger partial charge is 0.105 e. The molecule has 0 heterocycles. The molecular weight excluding hydrogens is 174 g/mol. The fourth-order valence-electron chi connectivity index (χ4n) is 1.23. The average molecular weight is 191 g/mol. The van der Waals surface area contributed by atoms with Crippen LogP contribution in [0.3, 0.4) is 0 Å². The van der Waals surface area contributed by atoms with E-state index in [9.17, 15) is 0 Å². The Morgan fingerprint density at radius 1 is 1.50 bits per heavy atom. The van der Waals surface area contributed by atoms with Gasteiger partial charge in [-0.3, -0.25) is 5.32 Å². The molecule has 0 spiro atoms. The van der Waals surface area contributed by atoms with Gasteiger partial charge in [0.25, 0.3) is 0 Å². The van der Waals surface area contributed by atoms with Gasteiger partial charge in [-0.05, 0) is 18.1 Å². The molecule has 1 rings (SSSR count). The zero-order valence-corrected chi connectivity index (χ0v) is 8.79. The highest BCUT2D eigenvalue weighted by atomic mass is 16.5. The van der Waals surface area contributed by atoms with Gasteiger partial charge in [-0.2, -0.15) is 0 Å². The SMILES string of the molecule is C=Cc1ccccc1CNC(C)OC. The summed E-state index contributed by atoms with van der Waals surface area (Å²) in [6.45, 7) is 6.57. The highest BCUT2D eigenvalue weighted by molar-refractivity contribution is 5.51. The second kappa shape index (κ2) is 5.58. The molecule has 0 fully saturated rings. The first kappa shape index (κ1) is 11.0. The van der Waals surface area contributed by atoms with Crippen LogP contribution in [-0.4, -0.2) is 13.3 Å². The molecule has 76 valence electrons. The third-order valence-corrected chi connectivity index (χ3v) is 2.21. The summed E-state index contributed by atoms with van der Waals surface area (Å²) in [7, 11) is 1.69. The maximum atomic E-state index is 5.11. The van der Waals surface area contributed by atoms with Gasteiger partial charge in [0.05, 0.1) is 0 Å². The van der Waals surface area contributed by atoms with Gasteiger partial charge in [0, 0.05) is 13.7 Å². The lowest BCUT2D eigenvalue weighted by Crippen LogP contribution is -2.27. The first-order chi connectivity index (χ1) is 6.77. The van der Waals surface area contributed by atoms with Crippen LogP contribution in [0.25, 0.3) is 6.08 Å². The van der Waals surface area contributed by atoms with Crippen molar-refractivity contribution in [3.8, 4) is 0 Å². The zero-order chi connectivity index (χ0) is 10.4. The van der Waals surface area contributed by atoms with Crippen molar-refractivity contribution in [3.05, 3.63) is 42.0 Å². The zero-order valence-electron chi connectivity index (χ0n) is 8.79. The van der Waals surface area contributed by atoms with E-state index in [1.54, 1.807) is 7.11 Å². The summed E-state index contributed by atoms with van der Waals surface area (Å²) in [4.78, 5) is 0. The predicted octanol–water partition coefficient (Wildman–Crippen LogP) is 2.41. The maximum Gasteiger partial charge on any atom is 0.105 e. The summed E-state index contributed by atoms with van der Waals surface area (Å²) in [6, 6.07) is 8.19. The van der Waals surface area contributed by atoms with Crippen LogP contribution < -0.4 is 5.32 Å². The van der Waals surface area contributed by atoms with Crippen molar-refractivity contribution < 1.29 is 4.74 Å². The molecule has 1 unspecified atom stereocenters. The molecular formula is C12H17NO. The molecule has 0 bridgehead atoms. The van der Waals surface area contributed by atoms with Crippen molar-refractivity contribution in [2.24, 2.45) is 0 Å². The summed E-state index contributed by atoms with van der Waals surface area (Å²) >= 11 is 0. The summed E-state index contributed by atoms with van der Waals surface area (Å²) in [5.41, 5.74) is 2.41. The molecule has 1 N–H and O–H groups in total. The summed E-state index contributed by atoms with van der Waals surface area (Å²) < 4.78 is 5.11. The Balaban J connectivity index is 2.61. The van der Waals surface area contributed by atoms with Crippen LogP contribution in [0.1, 0.15) is 18.1 Å². The minimum absolute atomic E-state index is 0.0767. The van der Waals surface area contributed by atoms with E-state index in [2.05, 4.69) is 24.0 Å². The lowest BCUT2D eigenvalue weighted by Gasteiger charge is -2.12. The molecule has 0 saturated carbocycles. The first-order valence-corrected chi connectivity index (χ1v) is 4.74. The average Bonchev–Trinajstić information content (AvgIpc) is 2.26. The van der Waals surface area contributed by atoms with Gasteiger partial charge in [0.1, 0.15) is 6.23 Å². The highest BCUT2D eigenvalue weighted by Crippen LogP contribution is 2.09. The fourth-order valence-corrected chi connectivity index (χ4v) is 1.23. The molecule has 2 nitrogen and oxygen atoms in total. The lowest BCUT2D eigenvalue weighted by atomic mass is 10.1. The molecule has 1 atom stereocenters. The Kier molecular flexibility index (Phi) is 4.36. The van der Waals surface area contributed by atoms with Crippen LogP contribution in [0, 0.1) is 0 Å². The number of methoxy groups -OCH3 is 1. The maximum absolute atomic E-state index is 5.11. The molecule has 0 aliphatic carbocycles. The second-order valence-electron chi connectivity index (χ2n) is 3.16. The van der Waals surface area contributed by atoms with Crippen molar-refractivity contribution >= 4 is 6.08 Å². The predicted molar refractivity (Wildman–Crippen MR) is 59.8 cm³/mol. The fraction of sp³-hybridized carbons (Fsp3) is 0.333. The van der Waals surface area contributed by atoms with E-state index in [1.807, 2.05) is 25.1 Å².